The predicted molar refractivity (Wildman–Crippen MR) is 76.8 cm³/mol. The van der Waals surface area contributed by atoms with Gasteiger partial charge in [-0.25, -0.2) is 0 Å². The first-order valence-corrected chi connectivity index (χ1v) is 7.49. The van der Waals surface area contributed by atoms with E-state index in [0.29, 0.717) is 11.5 Å². The van der Waals surface area contributed by atoms with Gasteiger partial charge in [-0.1, -0.05) is 43.5 Å². The normalized spacial score (nSPS) is 25.3. The molecule has 2 aliphatic rings. The second kappa shape index (κ2) is 4.70. The van der Waals surface area contributed by atoms with Crippen LogP contribution in [0.3, 0.4) is 0 Å². The smallest absolute Gasteiger partial charge is 0.0326 e. The highest BCUT2D eigenvalue weighted by Gasteiger charge is 2.30. The van der Waals surface area contributed by atoms with Crippen LogP contribution >= 0.6 is 0 Å². The molecule has 1 atom stereocenters. The van der Waals surface area contributed by atoms with Crippen LogP contribution in [0, 0.1) is 12.3 Å². The first-order valence-electron chi connectivity index (χ1n) is 7.49. The van der Waals surface area contributed by atoms with E-state index in [-0.39, 0.29) is 0 Å². The summed E-state index contributed by atoms with van der Waals surface area (Å²) in [4.78, 5) is 0. The van der Waals surface area contributed by atoms with Crippen LogP contribution in [0.2, 0.25) is 0 Å². The van der Waals surface area contributed by atoms with Crippen molar-refractivity contribution in [2.24, 2.45) is 5.41 Å². The van der Waals surface area contributed by atoms with Crippen LogP contribution in [0.1, 0.15) is 61.8 Å². The molecular formula is C17H25N. The average molecular weight is 243 g/mol. The summed E-state index contributed by atoms with van der Waals surface area (Å²) in [5.41, 5.74) is 5.09. The SMILES string of the molecule is Cc1ccc2c(c1)C(NCC1(C)CCCC1)CC2. The Labute approximate surface area is 111 Å². The van der Waals surface area contributed by atoms with Crippen molar-refractivity contribution in [1.82, 2.24) is 5.32 Å². The van der Waals surface area contributed by atoms with E-state index in [0.717, 1.165) is 0 Å². The van der Waals surface area contributed by atoms with E-state index in [9.17, 15) is 0 Å². The van der Waals surface area contributed by atoms with Crippen molar-refractivity contribution in [1.29, 1.82) is 0 Å². The highest BCUT2D eigenvalue weighted by molar-refractivity contribution is 5.37. The van der Waals surface area contributed by atoms with Crippen molar-refractivity contribution in [3.05, 3.63) is 34.9 Å². The summed E-state index contributed by atoms with van der Waals surface area (Å²) in [6.07, 6.45) is 8.22. The van der Waals surface area contributed by atoms with Gasteiger partial charge in [-0.05, 0) is 49.1 Å². The fraction of sp³-hybridized carbons (Fsp3) is 0.647. The Hall–Kier alpha value is -0.820. The van der Waals surface area contributed by atoms with Crippen LogP contribution in [0.5, 0.6) is 0 Å². The number of benzene rings is 1. The lowest BCUT2D eigenvalue weighted by molar-refractivity contribution is 0.297. The maximum absolute atomic E-state index is 3.85. The maximum atomic E-state index is 3.85. The van der Waals surface area contributed by atoms with Crippen molar-refractivity contribution in [3.8, 4) is 0 Å². The molecule has 0 amide bonds. The maximum Gasteiger partial charge on any atom is 0.0326 e. The van der Waals surface area contributed by atoms with Gasteiger partial charge in [0.1, 0.15) is 0 Å². The third-order valence-electron chi connectivity index (χ3n) is 4.97. The lowest BCUT2D eigenvalue weighted by atomic mass is 9.88. The van der Waals surface area contributed by atoms with Crippen molar-refractivity contribution in [2.45, 2.75) is 58.4 Å². The number of rotatable bonds is 3. The van der Waals surface area contributed by atoms with E-state index in [1.54, 1.807) is 11.1 Å². The first-order chi connectivity index (χ1) is 8.66. The van der Waals surface area contributed by atoms with Gasteiger partial charge in [0.15, 0.2) is 0 Å². The molecule has 0 spiro atoms. The molecule has 1 unspecified atom stereocenters. The van der Waals surface area contributed by atoms with Crippen LogP contribution in [0.4, 0.5) is 0 Å². The number of hydrogen-bond acceptors (Lipinski definition) is 1. The zero-order valence-corrected chi connectivity index (χ0v) is 11.8. The molecule has 98 valence electrons. The zero-order valence-electron chi connectivity index (χ0n) is 11.8. The van der Waals surface area contributed by atoms with Gasteiger partial charge < -0.3 is 5.32 Å². The molecule has 1 saturated carbocycles. The Morgan fingerprint density at radius 1 is 1.28 bits per heavy atom. The van der Waals surface area contributed by atoms with Crippen LogP contribution in [-0.2, 0) is 6.42 Å². The summed E-state index contributed by atoms with van der Waals surface area (Å²) in [6.45, 7) is 5.86. The van der Waals surface area contributed by atoms with Crippen LogP contribution in [-0.4, -0.2) is 6.54 Å². The summed E-state index contributed by atoms with van der Waals surface area (Å²) in [6, 6.07) is 7.57. The molecule has 1 nitrogen and oxygen atoms in total. The van der Waals surface area contributed by atoms with E-state index in [2.05, 4.69) is 37.4 Å². The zero-order chi connectivity index (χ0) is 12.6. The van der Waals surface area contributed by atoms with Gasteiger partial charge >= 0.3 is 0 Å². The molecule has 1 fully saturated rings. The molecule has 0 bridgehead atoms. The quantitative estimate of drug-likeness (QED) is 0.841. The highest BCUT2D eigenvalue weighted by atomic mass is 14.9. The predicted octanol–water partition coefficient (Wildman–Crippen LogP) is 4.15. The van der Waals surface area contributed by atoms with Crippen LogP contribution < -0.4 is 5.32 Å². The molecule has 1 aromatic rings. The van der Waals surface area contributed by atoms with Gasteiger partial charge in [-0.3, -0.25) is 0 Å². The number of hydrogen-bond donors (Lipinski definition) is 1. The van der Waals surface area contributed by atoms with Gasteiger partial charge in [0, 0.05) is 12.6 Å². The third kappa shape index (κ3) is 2.33. The summed E-state index contributed by atoms with van der Waals surface area (Å²) < 4.78 is 0. The van der Waals surface area contributed by atoms with E-state index in [4.69, 9.17) is 0 Å². The lowest BCUT2D eigenvalue weighted by Crippen LogP contribution is -2.31. The number of aryl methyl sites for hydroxylation is 2. The Bertz CT molecular complexity index is 429. The lowest BCUT2D eigenvalue weighted by Gasteiger charge is -2.26. The van der Waals surface area contributed by atoms with Crippen LogP contribution in [0.25, 0.3) is 0 Å². The summed E-state index contributed by atoms with van der Waals surface area (Å²) in [5.74, 6) is 0. The van der Waals surface area contributed by atoms with Gasteiger partial charge in [-0.2, -0.15) is 0 Å². The Balaban J connectivity index is 1.67. The van der Waals surface area contributed by atoms with Crippen molar-refractivity contribution >= 4 is 0 Å². The first kappa shape index (κ1) is 12.2. The molecule has 0 aliphatic heterocycles. The van der Waals surface area contributed by atoms with Gasteiger partial charge in [0.25, 0.3) is 0 Å². The van der Waals surface area contributed by atoms with Crippen LogP contribution in [0.15, 0.2) is 18.2 Å². The molecule has 1 N–H and O–H groups in total. The molecule has 0 aromatic heterocycles. The Kier molecular flexibility index (Phi) is 3.19. The minimum Gasteiger partial charge on any atom is -0.309 e. The molecule has 0 heterocycles. The molecule has 0 saturated heterocycles. The van der Waals surface area contributed by atoms with Crippen molar-refractivity contribution in [2.75, 3.05) is 6.54 Å². The summed E-state index contributed by atoms with van der Waals surface area (Å²) in [7, 11) is 0. The third-order valence-corrected chi connectivity index (χ3v) is 4.97. The topological polar surface area (TPSA) is 12.0 Å². The highest BCUT2D eigenvalue weighted by Crippen LogP contribution is 2.38. The van der Waals surface area contributed by atoms with Crippen molar-refractivity contribution < 1.29 is 0 Å². The Morgan fingerprint density at radius 2 is 2.06 bits per heavy atom. The van der Waals surface area contributed by atoms with E-state index < -0.39 is 0 Å². The minimum absolute atomic E-state index is 0.562. The largest absolute Gasteiger partial charge is 0.309 e. The van der Waals surface area contributed by atoms with E-state index >= 15 is 0 Å². The Morgan fingerprint density at radius 3 is 2.83 bits per heavy atom. The molecule has 18 heavy (non-hydrogen) atoms. The fourth-order valence-electron chi connectivity index (χ4n) is 3.71. The molecule has 0 radical (unpaired) electrons. The second-order valence-corrected chi connectivity index (χ2v) is 6.69. The molecular weight excluding hydrogens is 218 g/mol. The van der Waals surface area contributed by atoms with Crippen molar-refractivity contribution in [3.63, 3.8) is 0 Å². The molecule has 1 aromatic carbocycles. The molecule has 2 aliphatic carbocycles. The monoisotopic (exact) mass is 243 g/mol. The van der Waals surface area contributed by atoms with Gasteiger partial charge in [-0.15, -0.1) is 0 Å². The summed E-state index contributed by atoms with van der Waals surface area (Å²) >= 11 is 0. The standard InChI is InChI=1S/C17H25N/c1-13-5-6-14-7-8-16(15(14)11-13)18-12-17(2)9-3-4-10-17/h5-6,11,16,18H,3-4,7-10,12H2,1-2H3. The van der Waals surface area contributed by atoms with E-state index in [1.807, 2.05) is 0 Å². The van der Waals surface area contributed by atoms with Gasteiger partial charge in [0.05, 0.1) is 0 Å². The minimum atomic E-state index is 0.562. The summed E-state index contributed by atoms with van der Waals surface area (Å²) in [5, 5.41) is 3.85. The van der Waals surface area contributed by atoms with Gasteiger partial charge in [0.2, 0.25) is 0 Å². The molecule has 1 heteroatoms. The second-order valence-electron chi connectivity index (χ2n) is 6.69. The average Bonchev–Trinajstić information content (AvgIpc) is 2.94. The molecule has 3 rings (SSSR count). The number of fused-ring (bicyclic) bond motifs is 1. The fourth-order valence-corrected chi connectivity index (χ4v) is 3.71. The number of nitrogens with one attached hydrogen (secondary N) is 1. The van der Waals surface area contributed by atoms with E-state index in [1.165, 1.54) is 50.6 Å².